The van der Waals surface area contributed by atoms with Crippen LogP contribution in [0.3, 0.4) is 0 Å². The molecule has 0 aromatic heterocycles. The van der Waals surface area contributed by atoms with E-state index in [1.807, 2.05) is 0 Å². The van der Waals surface area contributed by atoms with Crippen molar-refractivity contribution >= 4 is 23.5 Å². The first-order chi connectivity index (χ1) is 13.0. The molecular weight excluding hydrogens is 354 g/mol. The number of carbonyl (C=O) groups excluding carboxylic acids is 2. The fourth-order valence-corrected chi connectivity index (χ4v) is 2.36. The Morgan fingerprint density at radius 2 is 1.78 bits per heavy atom. The Labute approximate surface area is 154 Å². The molecular formula is C19H15NO7. The normalized spacial score (nSPS) is 12.6. The molecule has 0 bridgehead atoms. The fraction of sp³-hybridized carbons (Fsp3) is 0.158. The van der Waals surface area contributed by atoms with Crippen molar-refractivity contribution in [3.63, 3.8) is 0 Å². The Hall–Kier alpha value is -3.68. The van der Waals surface area contributed by atoms with Crippen molar-refractivity contribution in [2.45, 2.75) is 0 Å². The van der Waals surface area contributed by atoms with Crippen molar-refractivity contribution in [2.24, 2.45) is 0 Å². The third-order valence-corrected chi connectivity index (χ3v) is 3.73. The van der Waals surface area contributed by atoms with Crippen molar-refractivity contribution in [1.29, 1.82) is 0 Å². The quantitative estimate of drug-likeness (QED) is 0.253. The van der Waals surface area contributed by atoms with Crippen LogP contribution in [0.2, 0.25) is 0 Å². The third kappa shape index (κ3) is 4.69. The van der Waals surface area contributed by atoms with E-state index in [2.05, 4.69) is 0 Å². The number of fused-ring (bicyclic) bond motifs is 1. The number of Topliss-reactive ketones (excluding diaryl/α,β-unsaturated/α-hetero) is 1. The van der Waals surface area contributed by atoms with Gasteiger partial charge in [-0.3, -0.25) is 14.9 Å². The SMILES string of the molecule is O=C(/C=C/c1ccc([N+](=O)[O-])cc1)OCC(=O)c1ccc2c(c1)OCCO2. The molecule has 0 N–H and O–H groups in total. The van der Waals surface area contributed by atoms with Crippen LogP contribution in [0.15, 0.2) is 48.5 Å². The number of hydrogen-bond donors (Lipinski definition) is 0. The minimum absolute atomic E-state index is 0.0419. The zero-order chi connectivity index (χ0) is 19.2. The van der Waals surface area contributed by atoms with E-state index in [0.29, 0.717) is 35.8 Å². The molecule has 3 rings (SSSR count). The van der Waals surface area contributed by atoms with Crippen LogP contribution in [0.4, 0.5) is 5.69 Å². The highest BCUT2D eigenvalue weighted by Crippen LogP contribution is 2.30. The zero-order valence-electron chi connectivity index (χ0n) is 14.1. The first-order valence-electron chi connectivity index (χ1n) is 8.05. The van der Waals surface area contributed by atoms with E-state index < -0.39 is 17.5 Å². The fourth-order valence-electron chi connectivity index (χ4n) is 2.36. The molecule has 0 spiro atoms. The van der Waals surface area contributed by atoms with Crippen LogP contribution in [0.5, 0.6) is 11.5 Å². The topological polar surface area (TPSA) is 105 Å². The van der Waals surface area contributed by atoms with Crippen LogP contribution in [0, 0.1) is 10.1 Å². The molecule has 2 aromatic carbocycles. The number of nitro groups is 1. The lowest BCUT2D eigenvalue weighted by Gasteiger charge is -2.18. The lowest BCUT2D eigenvalue weighted by Crippen LogP contribution is -2.17. The second-order valence-corrected chi connectivity index (χ2v) is 5.57. The molecule has 0 amide bonds. The Bertz CT molecular complexity index is 903. The highest BCUT2D eigenvalue weighted by molar-refractivity contribution is 5.99. The van der Waals surface area contributed by atoms with Crippen LogP contribution < -0.4 is 9.47 Å². The lowest BCUT2D eigenvalue weighted by atomic mass is 10.1. The van der Waals surface area contributed by atoms with Crippen molar-refractivity contribution in [1.82, 2.24) is 0 Å². The van der Waals surface area contributed by atoms with E-state index in [0.717, 1.165) is 6.08 Å². The number of rotatable bonds is 6. The van der Waals surface area contributed by atoms with Gasteiger partial charge in [-0.1, -0.05) is 0 Å². The summed E-state index contributed by atoms with van der Waals surface area (Å²) in [5, 5.41) is 10.6. The summed E-state index contributed by atoms with van der Waals surface area (Å²) in [7, 11) is 0. The second-order valence-electron chi connectivity index (χ2n) is 5.57. The number of ether oxygens (including phenoxy) is 3. The highest BCUT2D eigenvalue weighted by Gasteiger charge is 2.15. The molecule has 0 saturated heterocycles. The Morgan fingerprint density at radius 3 is 2.48 bits per heavy atom. The molecule has 0 radical (unpaired) electrons. The first-order valence-corrected chi connectivity index (χ1v) is 8.05. The largest absolute Gasteiger partial charge is 0.486 e. The van der Waals surface area contributed by atoms with Gasteiger partial charge in [0.05, 0.1) is 4.92 Å². The molecule has 0 unspecified atom stereocenters. The number of nitrogens with zero attached hydrogens (tertiary/aromatic N) is 1. The number of hydrogen-bond acceptors (Lipinski definition) is 7. The molecule has 138 valence electrons. The van der Waals surface area contributed by atoms with Gasteiger partial charge in [-0.25, -0.2) is 4.79 Å². The van der Waals surface area contributed by atoms with Crippen molar-refractivity contribution in [3.8, 4) is 11.5 Å². The summed E-state index contributed by atoms with van der Waals surface area (Å²) in [6.45, 7) is 0.454. The molecule has 8 heteroatoms. The van der Waals surface area contributed by atoms with Gasteiger partial charge in [-0.05, 0) is 42.0 Å². The molecule has 0 aliphatic carbocycles. The molecule has 27 heavy (non-hydrogen) atoms. The van der Waals surface area contributed by atoms with E-state index in [9.17, 15) is 19.7 Å². The van der Waals surface area contributed by atoms with Crippen molar-refractivity contribution in [3.05, 3.63) is 69.8 Å². The Balaban J connectivity index is 1.54. The Morgan fingerprint density at radius 1 is 1.07 bits per heavy atom. The van der Waals surface area contributed by atoms with Crippen molar-refractivity contribution < 1.29 is 28.7 Å². The van der Waals surface area contributed by atoms with Gasteiger partial charge in [0.2, 0.25) is 0 Å². The summed E-state index contributed by atoms with van der Waals surface area (Å²) in [4.78, 5) is 34.0. The number of ketones is 1. The summed E-state index contributed by atoms with van der Waals surface area (Å²) < 4.78 is 15.7. The molecule has 2 aromatic rings. The maximum absolute atomic E-state index is 12.1. The van der Waals surface area contributed by atoms with Gasteiger partial charge in [0.25, 0.3) is 5.69 Å². The van der Waals surface area contributed by atoms with E-state index >= 15 is 0 Å². The summed E-state index contributed by atoms with van der Waals surface area (Å²) >= 11 is 0. The van der Waals surface area contributed by atoms with Gasteiger partial charge in [0.15, 0.2) is 23.9 Å². The van der Waals surface area contributed by atoms with E-state index in [4.69, 9.17) is 14.2 Å². The van der Waals surface area contributed by atoms with Crippen LogP contribution in [0.25, 0.3) is 6.08 Å². The van der Waals surface area contributed by atoms with E-state index in [1.165, 1.54) is 30.3 Å². The maximum Gasteiger partial charge on any atom is 0.331 e. The van der Waals surface area contributed by atoms with E-state index in [-0.39, 0.29) is 11.5 Å². The first kappa shape index (κ1) is 18.1. The number of non-ortho nitro benzene ring substituents is 1. The predicted octanol–water partition coefficient (Wildman–Crippen LogP) is 2.81. The van der Waals surface area contributed by atoms with Crippen LogP contribution >= 0.6 is 0 Å². The lowest BCUT2D eigenvalue weighted by molar-refractivity contribution is -0.384. The van der Waals surface area contributed by atoms with Crippen LogP contribution in [-0.2, 0) is 9.53 Å². The van der Waals surface area contributed by atoms with Crippen LogP contribution in [0.1, 0.15) is 15.9 Å². The van der Waals surface area contributed by atoms with Gasteiger partial charge in [-0.15, -0.1) is 0 Å². The van der Waals surface area contributed by atoms with Gasteiger partial charge < -0.3 is 14.2 Å². The van der Waals surface area contributed by atoms with Gasteiger partial charge in [0.1, 0.15) is 13.2 Å². The number of nitro benzene ring substituents is 1. The number of carbonyl (C=O) groups is 2. The zero-order valence-corrected chi connectivity index (χ0v) is 14.1. The molecule has 1 heterocycles. The standard InChI is InChI=1S/C19H15NO7/c21-16(14-4-7-17-18(11-14)26-10-9-25-17)12-27-19(22)8-3-13-1-5-15(6-2-13)20(23)24/h1-8,11H,9-10,12H2/b8-3+. The summed E-state index contributed by atoms with van der Waals surface area (Å²) in [6.07, 6.45) is 2.60. The summed E-state index contributed by atoms with van der Waals surface area (Å²) in [5.41, 5.74) is 0.905. The monoisotopic (exact) mass is 369 g/mol. The average Bonchev–Trinajstić information content (AvgIpc) is 2.70. The molecule has 8 nitrogen and oxygen atoms in total. The Kier molecular flexibility index (Phi) is 5.46. The van der Waals surface area contributed by atoms with Gasteiger partial charge in [0, 0.05) is 23.8 Å². The maximum atomic E-state index is 12.1. The number of esters is 1. The smallest absolute Gasteiger partial charge is 0.331 e. The highest BCUT2D eigenvalue weighted by atomic mass is 16.6. The molecule has 0 atom stereocenters. The third-order valence-electron chi connectivity index (χ3n) is 3.73. The molecule has 1 aliphatic heterocycles. The molecule has 0 saturated carbocycles. The van der Waals surface area contributed by atoms with Gasteiger partial charge >= 0.3 is 5.97 Å². The number of benzene rings is 2. The van der Waals surface area contributed by atoms with Crippen LogP contribution in [-0.4, -0.2) is 36.5 Å². The summed E-state index contributed by atoms with van der Waals surface area (Å²) in [6, 6.07) is 10.4. The molecule has 1 aliphatic rings. The predicted molar refractivity (Wildman–Crippen MR) is 94.9 cm³/mol. The van der Waals surface area contributed by atoms with Crippen molar-refractivity contribution in [2.75, 3.05) is 19.8 Å². The average molecular weight is 369 g/mol. The molecule has 0 fully saturated rings. The second kappa shape index (κ2) is 8.13. The summed E-state index contributed by atoms with van der Waals surface area (Å²) in [5.74, 6) is -0.0133. The van der Waals surface area contributed by atoms with Gasteiger partial charge in [-0.2, -0.15) is 0 Å². The minimum atomic E-state index is -0.695. The minimum Gasteiger partial charge on any atom is -0.486 e. The van der Waals surface area contributed by atoms with E-state index in [1.54, 1.807) is 18.2 Å².